The highest BCUT2D eigenvalue weighted by molar-refractivity contribution is 4.59. The third kappa shape index (κ3) is 40.1. The highest BCUT2D eigenvalue weighted by Gasteiger charge is 1.99. The predicted molar refractivity (Wildman–Crippen MR) is 118 cm³/mol. The van der Waals surface area contributed by atoms with Crippen LogP contribution in [-0.2, 0) is 0 Å². The molecule has 0 aliphatic rings. The lowest BCUT2D eigenvalue weighted by Crippen LogP contribution is -2.33. The minimum Gasteiger partial charge on any atom is -0.333 e. The monoisotopic (exact) mass is 364 g/mol. The Bertz CT molecular complexity index is 210. The van der Waals surface area contributed by atoms with Crippen LogP contribution in [0.3, 0.4) is 0 Å². The lowest BCUT2D eigenvalue weighted by molar-refractivity contribution is 0.308. The van der Waals surface area contributed by atoms with Gasteiger partial charge in [0.05, 0.1) is 0 Å². The Labute approximate surface area is 160 Å². The molecule has 0 saturated carbocycles. The van der Waals surface area contributed by atoms with E-state index >= 15 is 0 Å². The fourth-order valence-electron chi connectivity index (χ4n) is 1.34. The summed E-state index contributed by atoms with van der Waals surface area (Å²) in [7, 11) is 15.8. The fourth-order valence-corrected chi connectivity index (χ4v) is 1.34. The Morgan fingerprint density at radius 1 is 0.840 bits per heavy atom. The Morgan fingerprint density at radius 3 is 1.48 bits per heavy atom. The normalized spacial score (nSPS) is 12.5. The van der Waals surface area contributed by atoms with Crippen molar-refractivity contribution >= 4 is 0 Å². The van der Waals surface area contributed by atoms with E-state index in [1.165, 1.54) is 26.4 Å². The standard InChI is InChI=1S/C8H20N2.C6H16N2.C4H11N.CH5N/c1-8(9-2)6-5-7-10(3)4;1-6(5-7-2)8(3)4;1-4(2)5-3;1-2/h8-9H,5-7H2,1-4H3;6-7H,5H2,1-4H3;4-5H,1-3H3;2H2,1H3. The van der Waals surface area contributed by atoms with Crippen LogP contribution < -0.4 is 21.7 Å². The summed E-state index contributed by atoms with van der Waals surface area (Å²) in [6.07, 6.45) is 2.56. The third-order valence-corrected chi connectivity index (χ3v) is 3.69. The van der Waals surface area contributed by atoms with Gasteiger partial charge in [-0.15, -0.1) is 0 Å². The molecule has 2 unspecified atom stereocenters. The molecule has 0 radical (unpaired) electrons. The Balaban J connectivity index is -0.000000132. The average molecular weight is 365 g/mol. The smallest absolute Gasteiger partial charge is 0.0186 e. The highest BCUT2D eigenvalue weighted by Crippen LogP contribution is 1.95. The molecule has 0 rings (SSSR count). The molecule has 0 aliphatic heterocycles. The number of hydrogen-bond acceptors (Lipinski definition) is 6. The molecule has 158 valence electrons. The molecule has 0 aromatic heterocycles. The number of likely N-dealkylation sites (N-methyl/N-ethyl adjacent to an activating group) is 2. The van der Waals surface area contributed by atoms with Crippen LogP contribution in [0.4, 0.5) is 0 Å². The molecule has 0 bridgehead atoms. The number of nitrogens with zero attached hydrogens (tertiary/aromatic N) is 2. The zero-order chi connectivity index (χ0) is 20.8. The van der Waals surface area contributed by atoms with Gasteiger partial charge in [-0.1, -0.05) is 13.8 Å². The van der Waals surface area contributed by atoms with Gasteiger partial charge in [-0.3, -0.25) is 0 Å². The minimum absolute atomic E-state index is 0.634. The lowest BCUT2D eigenvalue weighted by atomic mass is 10.2. The first-order valence-corrected chi connectivity index (χ1v) is 9.50. The second kappa shape index (κ2) is 26.0. The van der Waals surface area contributed by atoms with Gasteiger partial charge in [-0.05, 0) is 89.6 Å². The Morgan fingerprint density at radius 2 is 1.28 bits per heavy atom. The molecule has 5 N–H and O–H groups in total. The molecule has 0 amide bonds. The van der Waals surface area contributed by atoms with Gasteiger partial charge in [0.25, 0.3) is 0 Å². The third-order valence-electron chi connectivity index (χ3n) is 3.69. The molecule has 0 heterocycles. The zero-order valence-corrected chi connectivity index (χ0v) is 19.5. The maximum absolute atomic E-state index is 4.50. The van der Waals surface area contributed by atoms with Gasteiger partial charge < -0.3 is 31.5 Å². The number of hydrogen-bond donors (Lipinski definition) is 4. The largest absolute Gasteiger partial charge is 0.333 e. The summed E-state index contributed by atoms with van der Waals surface area (Å²) in [6.45, 7) is 10.9. The van der Waals surface area contributed by atoms with E-state index in [9.17, 15) is 0 Å². The van der Waals surface area contributed by atoms with Crippen molar-refractivity contribution in [2.75, 3.05) is 69.5 Å². The fraction of sp³-hybridized carbons (Fsp3) is 1.00. The van der Waals surface area contributed by atoms with E-state index in [4.69, 9.17) is 0 Å². The van der Waals surface area contributed by atoms with Gasteiger partial charge in [-0.2, -0.15) is 0 Å². The summed E-state index contributed by atoms with van der Waals surface area (Å²) in [4.78, 5) is 4.42. The summed E-state index contributed by atoms with van der Waals surface area (Å²) in [6, 6.07) is 1.94. The molecule has 0 aliphatic carbocycles. The molecule has 2 atom stereocenters. The van der Waals surface area contributed by atoms with Crippen molar-refractivity contribution in [1.82, 2.24) is 25.8 Å². The van der Waals surface area contributed by atoms with Crippen molar-refractivity contribution in [3.05, 3.63) is 0 Å². The second-order valence-electron chi connectivity index (χ2n) is 6.95. The van der Waals surface area contributed by atoms with E-state index < -0.39 is 0 Å². The summed E-state index contributed by atoms with van der Waals surface area (Å²) in [5, 5.41) is 9.36. The molecular formula is C19H52N6. The van der Waals surface area contributed by atoms with Gasteiger partial charge in [-0.25, -0.2) is 0 Å². The van der Waals surface area contributed by atoms with Gasteiger partial charge in [0.1, 0.15) is 0 Å². The van der Waals surface area contributed by atoms with Crippen molar-refractivity contribution in [1.29, 1.82) is 0 Å². The lowest BCUT2D eigenvalue weighted by Gasteiger charge is -2.18. The topological polar surface area (TPSA) is 68.6 Å². The van der Waals surface area contributed by atoms with Gasteiger partial charge in [0, 0.05) is 24.7 Å². The van der Waals surface area contributed by atoms with E-state index in [0.29, 0.717) is 18.1 Å². The van der Waals surface area contributed by atoms with Gasteiger partial charge in [0.2, 0.25) is 0 Å². The van der Waals surface area contributed by atoms with Crippen LogP contribution in [-0.4, -0.2) is 97.4 Å². The maximum atomic E-state index is 4.50. The van der Waals surface area contributed by atoms with Crippen molar-refractivity contribution in [2.45, 2.75) is 58.7 Å². The average Bonchev–Trinajstić information content (AvgIpc) is 2.57. The number of nitrogens with two attached hydrogens (primary N) is 1. The van der Waals surface area contributed by atoms with Crippen molar-refractivity contribution in [2.24, 2.45) is 5.73 Å². The molecule has 6 nitrogen and oxygen atoms in total. The van der Waals surface area contributed by atoms with E-state index in [1.54, 1.807) is 0 Å². The van der Waals surface area contributed by atoms with E-state index in [0.717, 1.165) is 6.54 Å². The SMILES string of the molecule is CN.CNC(C)C.CNC(C)CCCN(C)C.CNCC(C)N(C)C. The van der Waals surface area contributed by atoms with Crippen LogP contribution in [0.15, 0.2) is 0 Å². The molecule has 0 fully saturated rings. The highest BCUT2D eigenvalue weighted by atomic mass is 15.1. The molecule has 25 heavy (non-hydrogen) atoms. The first kappa shape index (κ1) is 32.4. The molecule has 0 saturated heterocycles. The molecule has 0 aromatic rings. The quantitative estimate of drug-likeness (QED) is 0.494. The van der Waals surface area contributed by atoms with Crippen molar-refractivity contribution in [3.8, 4) is 0 Å². The Hall–Kier alpha value is -0.240. The summed E-state index contributed by atoms with van der Waals surface area (Å²) in [5.41, 5.74) is 4.50. The summed E-state index contributed by atoms with van der Waals surface area (Å²) in [5.74, 6) is 0. The second-order valence-corrected chi connectivity index (χ2v) is 6.95. The Kier molecular flexibility index (Phi) is 33.7. The van der Waals surface area contributed by atoms with Crippen molar-refractivity contribution < 1.29 is 0 Å². The van der Waals surface area contributed by atoms with Crippen LogP contribution in [0.2, 0.25) is 0 Å². The molecule has 6 heteroatoms. The zero-order valence-electron chi connectivity index (χ0n) is 19.5. The number of nitrogens with one attached hydrogen (secondary N) is 3. The van der Waals surface area contributed by atoms with Crippen LogP contribution in [0, 0.1) is 0 Å². The van der Waals surface area contributed by atoms with E-state index in [2.05, 4.69) is 87.4 Å². The van der Waals surface area contributed by atoms with Crippen LogP contribution in [0.25, 0.3) is 0 Å². The van der Waals surface area contributed by atoms with Gasteiger partial charge >= 0.3 is 0 Å². The maximum Gasteiger partial charge on any atom is 0.0186 e. The first-order chi connectivity index (χ1) is 11.6. The minimum atomic E-state index is 0.634. The molecule has 0 aromatic carbocycles. The van der Waals surface area contributed by atoms with Crippen LogP contribution >= 0.6 is 0 Å². The van der Waals surface area contributed by atoms with Crippen molar-refractivity contribution in [3.63, 3.8) is 0 Å². The van der Waals surface area contributed by atoms with E-state index in [-0.39, 0.29) is 0 Å². The van der Waals surface area contributed by atoms with Gasteiger partial charge in [0.15, 0.2) is 0 Å². The van der Waals surface area contributed by atoms with Crippen LogP contribution in [0.5, 0.6) is 0 Å². The predicted octanol–water partition coefficient (Wildman–Crippen LogP) is 1.28. The number of rotatable bonds is 9. The molecular weight excluding hydrogens is 312 g/mol. The van der Waals surface area contributed by atoms with Crippen LogP contribution in [0.1, 0.15) is 40.5 Å². The molecule has 0 spiro atoms. The summed E-state index contributed by atoms with van der Waals surface area (Å²) >= 11 is 0. The summed E-state index contributed by atoms with van der Waals surface area (Å²) < 4.78 is 0. The first-order valence-electron chi connectivity index (χ1n) is 9.50. The van der Waals surface area contributed by atoms with E-state index in [1.807, 2.05) is 21.1 Å².